The highest BCUT2D eigenvalue weighted by molar-refractivity contribution is 5.65. The summed E-state index contributed by atoms with van der Waals surface area (Å²) in [4.78, 5) is 10.6. The molecule has 2 N–H and O–H groups in total. The van der Waals surface area contributed by atoms with Gasteiger partial charge >= 0.3 is 6.09 Å². The van der Waals surface area contributed by atoms with E-state index in [1.807, 2.05) is 18.2 Å². The molecule has 3 nitrogen and oxygen atoms in total. The Kier molecular flexibility index (Phi) is 1.93. The number of rotatable bonds is 1. The number of carbonyl (C=O) groups excluding carboxylic acids is 1. The summed E-state index contributed by atoms with van der Waals surface area (Å²) in [5.74, 6) is 0. The Balaban J connectivity index is 2.23. The molecular formula is C10H11NO2. The van der Waals surface area contributed by atoms with Gasteiger partial charge in [0.05, 0.1) is 0 Å². The van der Waals surface area contributed by atoms with E-state index in [-0.39, 0.29) is 6.10 Å². The van der Waals surface area contributed by atoms with Crippen molar-refractivity contribution in [3.63, 3.8) is 0 Å². The molecule has 3 heteroatoms. The van der Waals surface area contributed by atoms with Gasteiger partial charge in [-0.25, -0.2) is 4.79 Å². The highest BCUT2D eigenvalue weighted by Gasteiger charge is 2.24. The van der Waals surface area contributed by atoms with Gasteiger partial charge in [0.25, 0.3) is 0 Å². The zero-order chi connectivity index (χ0) is 9.26. The van der Waals surface area contributed by atoms with Gasteiger partial charge in [0.1, 0.15) is 6.10 Å². The van der Waals surface area contributed by atoms with Crippen LogP contribution in [0.2, 0.25) is 0 Å². The van der Waals surface area contributed by atoms with Crippen molar-refractivity contribution >= 4 is 6.09 Å². The van der Waals surface area contributed by atoms with Gasteiger partial charge in [0.15, 0.2) is 0 Å². The predicted molar refractivity (Wildman–Crippen MR) is 48.2 cm³/mol. The van der Waals surface area contributed by atoms with Crippen LogP contribution >= 0.6 is 0 Å². The lowest BCUT2D eigenvalue weighted by Gasteiger charge is -2.10. The first-order chi connectivity index (χ1) is 6.27. The Morgan fingerprint density at radius 2 is 2.23 bits per heavy atom. The minimum atomic E-state index is -0.693. The van der Waals surface area contributed by atoms with Crippen LogP contribution in [0, 0.1) is 0 Å². The lowest BCUT2D eigenvalue weighted by atomic mass is 10.1. The van der Waals surface area contributed by atoms with Gasteiger partial charge in [-0.05, 0) is 24.0 Å². The highest BCUT2D eigenvalue weighted by atomic mass is 16.6. The largest absolute Gasteiger partial charge is 0.441 e. The van der Waals surface area contributed by atoms with Crippen LogP contribution in [0.5, 0.6) is 0 Å². The van der Waals surface area contributed by atoms with Crippen molar-refractivity contribution in [1.82, 2.24) is 0 Å². The van der Waals surface area contributed by atoms with Crippen LogP contribution in [0.15, 0.2) is 24.3 Å². The minimum absolute atomic E-state index is 0.131. The number of nitrogens with two attached hydrogens (primary N) is 1. The summed E-state index contributed by atoms with van der Waals surface area (Å²) >= 11 is 0. The maximum Gasteiger partial charge on any atom is 0.405 e. The topological polar surface area (TPSA) is 52.3 Å². The smallest absolute Gasteiger partial charge is 0.405 e. The monoisotopic (exact) mass is 177 g/mol. The van der Waals surface area contributed by atoms with E-state index in [0.717, 1.165) is 18.4 Å². The number of ether oxygens (including phenoxy) is 1. The number of amides is 1. The third kappa shape index (κ3) is 1.49. The molecule has 0 heterocycles. The average Bonchev–Trinajstić information content (AvgIpc) is 2.48. The number of fused-ring (bicyclic) bond motifs is 1. The molecule has 2 rings (SSSR count). The number of primary amides is 1. The quantitative estimate of drug-likeness (QED) is 0.710. The van der Waals surface area contributed by atoms with E-state index in [4.69, 9.17) is 10.5 Å². The zero-order valence-electron chi connectivity index (χ0n) is 7.19. The first-order valence-corrected chi connectivity index (χ1v) is 4.31. The van der Waals surface area contributed by atoms with Crippen molar-refractivity contribution in [2.75, 3.05) is 0 Å². The molecule has 68 valence electrons. The van der Waals surface area contributed by atoms with Gasteiger partial charge < -0.3 is 10.5 Å². The maximum atomic E-state index is 10.6. The van der Waals surface area contributed by atoms with E-state index >= 15 is 0 Å². The Hall–Kier alpha value is -1.51. The molecular weight excluding hydrogens is 166 g/mol. The second-order valence-electron chi connectivity index (χ2n) is 3.16. The van der Waals surface area contributed by atoms with Gasteiger partial charge in [-0.2, -0.15) is 0 Å². The number of benzene rings is 1. The van der Waals surface area contributed by atoms with Crippen LogP contribution in [-0.4, -0.2) is 6.09 Å². The zero-order valence-corrected chi connectivity index (χ0v) is 7.19. The molecule has 1 unspecified atom stereocenters. The van der Waals surface area contributed by atoms with E-state index in [1.54, 1.807) is 0 Å². The average molecular weight is 177 g/mol. The third-order valence-corrected chi connectivity index (χ3v) is 2.34. The van der Waals surface area contributed by atoms with E-state index in [0.29, 0.717) is 0 Å². The Morgan fingerprint density at radius 3 is 3.00 bits per heavy atom. The van der Waals surface area contributed by atoms with Gasteiger partial charge in [0.2, 0.25) is 0 Å². The fourth-order valence-electron chi connectivity index (χ4n) is 1.78. The van der Waals surface area contributed by atoms with Gasteiger partial charge in [-0.3, -0.25) is 0 Å². The molecule has 0 aromatic heterocycles. The van der Waals surface area contributed by atoms with Crippen molar-refractivity contribution in [3.8, 4) is 0 Å². The van der Waals surface area contributed by atoms with Gasteiger partial charge in [-0.15, -0.1) is 0 Å². The number of hydrogen-bond donors (Lipinski definition) is 1. The fourth-order valence-corrected chi connectivity index (χ4v) is 1.78. The van der Waals surface area contributed by atoms with E-state index in [1.165, 1.54) is 5.56 Å². The maximum absolute atomic E-state index is 10.6. The molecule has 0 spiro atoms. The molecule has 13 heavy (non-hydrogen) atoms. The highest BCUT2D eigenvalue weighted by Crippen LogP contribution is 2.33. The summed E-state index contributed by atoms with van der Waals surface area (Å²) in [5, 5.41) is 0. The summed E-state index contributed by atoms with van der Waals surface area (Å²) in [6.45, 7) is 0. The summed E-state index contributed by atoms with van der Waals surface area (Å²) in [7, 11) is 0. The molecule has 0 saturated heterocycles. The number of hydrogen-bond acceptors (Lipinski definition) is 2. The lowest BCUT2D eigenvalue weighted by molar-refractivity contribution is 0.107. The van der Waals surface area contributed by atoms with E-state index in [9.17, 15) is 4.79 Å². The second kappa shape index (κ2) is 3.09. The van der Waals surface area contributed by atoms with Crippen molar-refractivity contribution in [2.45, 2.75) is 18.9 Å². The third-order valence-electron chi connectivity index (χ3n) is 2.34. The molecule has 0 fully saturated rings. The van der Waals surface area contributed by atoms with Crippen LogP contribution in [-0.2, 0) is 11.2 Å². The molecule has 1 aliphatic rings. The van der Waals surface area contributed by atoms with Crippen LogP contribution in [0.1, 0.15) is 23.7 Å². The van der Waals surface area contributed by atoms with Gasteiger partial charge in [-0.1, -0.05) is 24.3 Å². The molecule has 0 aliphatic heterocycles. The van der Waals surface area contributed by atoms with Crippen molar-refractivity contribution in [1.29, 1.82) is 0 Å². The Bertz CT molecular complexity index is 335. The minimum Gasteiger partial charge on any atom is -0.441 e. The second-order valence-corrected chi connectivity index (χ2v) is 3.16. The molecule has 0 radical (unpaired) electrons. The van der Waals surface area contributed by atoms with E-state index in [2.05, 4.69) is 6.07 Å². The standard InChI is InChI=1S/C10H11NO2/c11-10(12)13-9-6-5-7-3-1-2-4-8(7)9/h1-4,9H,5-6H2,(H2,11,12). The molecule has 0 bridgehead atoms. The summed E-state index contributed by atoms with van der Waals surface area (Å²) in [6, 6.07) is 7.97. The first-order valence-electron chi connectivity index (χ1n) is 4.31. The Labute approximate surface area is 76.5 Å². The molecule has 1 aliphatic carbocycles. The lowest BCUT2D eigenvalue weighted by Crippen LogP contribution is -2.15. The predicted octanol–water partition coefficient (Wildman–Crippen LogP) is 1.77. The van der Waals surface area contributed by atoms with E-state index < -0.39 is 6.09 Å². The SMILES string of the molecule is NC(=O)OC1CCc2ccccc21. The summed E-state index contributed by atoms with van der Waals surface area (Å²) < 4.78 is 4.98. The van der Waals surface area contributed by atoms with Crippen molar-refractivity contribution < 1.29 is 9.53 Å². The summed E-state index contributed by atoms with van der Waals surface area (Å²) in [5.41, 5.74) is 7.32. The van der Waals surface area contributed by atoms with Crippen LogP contribution < -0.4 is 5.73 Å². The molecule has 1 atom stereocenters. The number of aryl methyl sites for hydroxylation is 1. The van der Waals surface area contributed by atoms with Crippen LogP contribution in [0.3, 0.4) is 0 Å². The molecule has 1 aromatic rings. The van der Waals surface area contributed by atoms with Crippen molar-refractivity contribution in [3.05, 3.63) is 35.4 Å². The normalized spacial score (nSPS) is 19.5. The van der Waals surface area contributed by atoms with Crippen LogP contribution in [0.25, 0.3) is 0 Å². The number of carbonyl (C=O) groups is 1. The van der Waals surface area contributed by atoms with Crippen LogP contribution in [0.4, 0.5) is 4.79 Å². The Morgan fingerprint density at radius 1 is 1.46 bits per heavy atom. The molecule has 1 amide bonds. The van der Waals surface area contributed by atoms with Gasteiger partial charge in [0, 0.05) is 0 Å². The summed E-state index contributed by atoms with van der Waals surface area (Å²) in [6.07, 6.45) is 0.992. The molecule has 0 saturated carbocycles. The molecule has 1 aromatic carbocycles. The van der Waals surface area contributed by atoms with Crippen molar-refractivity contribution in [2.24, 2.45) is 5.73 Å². The first kappa shape index (κ1) is 8.10. The fraction of sp³-hybridized carbons (Fsp3) is 0.300.